The highest BCUT2D eigenvalue weighted by molar-refractivity contribution is 5.84. The number of morpholine rings is 1. The third kappa shape index (κ3) is 2.87. The highest BCUT2D eigenvalue weighted by atomic mass is 16.5. The largest absolute Gasteiger partial charge is 0.378 e. The van der Waals surface area contributed by atoms with Crippen LogP contribution in [-0.2, 0) is 16.0 Å². The van der Waals surface area contributed by atoms with Crippen LogP contribution in [0.3, 0.4) is 0 Å². The molecule has 3 heterocycles. The summed E-state index contributed by atoms with van der Waals surface area (Å²) < 4.78 is 6.89. The number of rotatable bonds is 4. The summed E-state index contributed by atoms with van der Waals surface area (Å²) in [6.07, 6.45) is 2.26. The monoisotopic (exact) mass is 304 g/mol. The van der Waals surface area contributed by atoms with E-state index in [4.69, 9.17) is 4.74 Å². The molecule has 8 heteroatoms. The lowest BCUT2D eigenvalue weighted by Gasteiger charge is -2.29. The van der Waals surface area contributed by atoms with Crippen molar-refractivity contribution in [3.8, 4) is 0 Å². The maximum absolute atomic E-state index is 12.5. The first kappa shape index (κ1) is 14.7. The van der Waals surface area contributed by atoms with Gasteiger partial charge in [-0.05, 0) is 13.3 Å². The number of anilines is 1. The smallest absolute Gasteiger partial charge is 0.254 e. The Morgan fingerprint density at radius 3 is 2.95 bits per heavy atom. The summed E-state index contributed by atoms with van der Waals surface area (Å²) in [4.78, 5) is 22.8. The van der Waals surface area contributed by atoms with Crippen LogP contribution < -0.4 is 5.32 Å². The van der Waals surface area contributed by atoms with E-state index in [1.165, 1.54) is 6.33 Å². The van der Waals surface area contributed by atoms with E-state index < -0.39 is 0 Å². The standard InChI is InChI=1S/C14H20N6O2/c1-3-11-8-12(20-14(18-11)15-9-16-20)17-10(2)13(21)19-4-6-22-7-5-19/h8-10,17H,3-7H2,1-2H3. The molecule has 1 amide bonds. The molecular formula is C14H20N6O2. The highest BCUT2D eigenvalue weighted by Crippen LogP contribution is 2.13. The van der Waals surface area contributed by atoms with Crippen molar-refractivity contribution in [2.75, 3.05) is 31.6 Å². The van der Waals surface area contributed by atoms with Gasteiger partial charge in [0.2, 0.25) is 5.91 Å². The maximum atomic E-state index is 12.5. The van der Waals surface area contributed by atoms with Crippen molar-refractivity contribution < 1.29 is 9.53 Å². The van der Waals surface area contributed by atoms with Crippen molar-refractivity contribution in [1.82, 2.24) is 24.5 Å². The lowest BCUT2D eigenvalue weighted by atomic mass is 10.2. The molecule has 0 radical (unpaired) electrons. The van der Waals surface area contributed by atoms with Gasteiger partial charge in [0.05, 0.1) is 13.2 Å². The Morgan fingerprint density at radius 2 is 2.23 bits per heavy atom. The summed E-state index contributed by atoms with van der Waals surface area (Å²) >= 11 is 0. The van der Waals surface area contributed by atoms with Crippen LogP contribution in [-0.4, -0.2) is 62.7 Å². The minimum absolute atomic E-state index is 0.0615. The Kier molecular flexibility index (Phi) is 4.19. The number of hydrogen-bond acceptors (Lipinski definition) is 6. The van der Waals surface area contributed by atoms with Crippen molar-refractivity contribution >= 4 is 17.5 Å². The van der Waals surface area contributed by atoms with Gasteiger partial charge in [0, 0.05) is 24.8 Å². The minimum Gasteiger partial charge on any atom is -0.378 e. The van der Waals surface area contributed by atoms with Crippen LogP contribution in [0, 0.1) is 0 Å². The first-order valence-electron chi connectivity index (χ1n) is 7.51. The molecule has 0 bridgehead atoms. The fourth-order valence-electron chi connectivity index (χ4n) is 2.49. The molecule has 2 aromatic rings. The molecular weight excluding hydrogens is 284 g/mol. The van der Waals surface area contributed by atoms with Gasteiger partial charge in [-0.25, -0.2) is 4.98 Å². The Hall–Kier alpha value is -2.22. The van der Waals surface area contributed by atoms with Crippen LogP contribution >= 0.6 is 0 Å². The number of aryl methyl sites for hydroxylation is 1. The van der Waals surface area contributed by atoms with Gasteiger partial charge < -0.3 is 15.0 Å². The summed E-state index contributed by atoms with van der Waals surface area (Å²) in [5.41, 5.74) is 0.911. The van der Waals surface area contributed by atoms with Crippen LogP contribution in [0.1, 0.15) is 19.5 Å². The molecule has 1 atom stereocenters. The van der Waals surface area contributed by atoms with E-state index in [0.29, 0.717) is 32.1 Å². The number of ether oxygens (including phenoxy) is 1. The zero-order chi connectivity index (χ0) is 15.5. The zero-order valence-corrected chi connectivity index (χ0v) is 12.8. The Balaban J connectivity index is 1.79. The van der Waals surface area contributed by atoms with Gasteiger partial charge in [0.15, 0.2) is 0 Å². The van der Waals surface area contributed by atoms with Crippen molar-refractivity contribution in [3.63, 3.8) is 0 Å². The second-order valence-corrected chi connectivity index (χ2v) is 5.26. The van der Waals surface area contributed by atoms with E-state index in [-0.39, 0.29) is 11.9 Å². The van der Waals surface area contributed by atoms with Crippen molar-refractivity contribution in [1.29, 1.82) is 0 Å². The number of amides is 1. The van der Waals surface area contributed by atoms with Crippen LogP contribution in [0.2, 0.25) is 0 Å². The number of fused-ring (bicyclic) bond motifs is 1. The molecule has 1 N–H and O–H groups in total. The number of hydrogen-bond donors (Lipinski definition) is 1. The van der Waals surface area contributed by atoms with Crippen LogP contribution in [0.25, 0.3) is 5.78 Å². The normalized spacial score (nSPS) is 16.7. The van der Waals surface area contributed by atoms with Crippen LogP contribution in [0.5, 0.6) is 0 Å². The fraction of sp³-hybridized carbons (Fsp3) is 0.571. The first-order chi connectivity index (χ1) is 10.7. The van der Waals surface area contributed by atoms with Gasteiger partial charge in [0.1, 0.15) is 18.2 Å². The average Bonchev–Trinajstić information content (AvgIpc) is 3.03. The Morgan fingerprint density at radius 1 is 1.45 bits per heavy atom. The molecule has 0 saturated carbocycles. The molecule has 1 aliphatic rings. The highest BCUT2D eigenvalue weighted by Gasteiger charge is 2.23. The second kappa shape index (κ2) is 6.27. The summed E-state index contributed by atoms with van der Waals surface area (Å²) in [6, 6.07) is 1.56. The predicted octanol–water partition coefficient (Wildman–Crippen LogP) is 0.346. The molecule has 3 rings (SSSR count). The van der Waals surface area contributed by atoms with E-state index in [2.05, 4.69) is 20.4 Å². The van der Waals surface area contributed by atoms with Crippen molar-refractivity contribution in [3.05, 3.63) is 18.1 Å². The molecule has 0 spiro atoms. The molecule has 8 nitrogen and oxygen atoms in total. The zero-order valence-electron chi connectivity index (χ0n) is 12.8. The third-order valence-corrected chi connectivity index (χ3v) is 3.72. The molecule has 118 valence electrons. The molecule has 2 aromatic heterocycles. The molecule has 0 aromatic carbocycles. The SMILES string of the molecule is CCc1cc(NC(C)C(=O)N2CCOCC2)n2ncnc2n1. The van der Waals surface area contributed by atoms with E-state index >= 15 is 0 Å². The van der Waals surface area contributed by atoms with E-state index in [0.717, 1.165) is 17.9 Å². The van der Waals surface area contributed by atoms with E-state index in [1.807, 2.05) is 24.8 Å². The third-order valence-electron chi connectivity index (χ3n) is 3.72. The van der Waals surface area contributed by atoms with E-state index in [1.54, 1.807) is 4.52 Å². The fourth-order valence-corrected chi connectivity index (χ4v) is 2.49. The Labute approximate surface area is 128 Å². The van der Waals surface area contributed by atoms with Gasteiger partial charge in [-0.3, -0.25) is 4.79 Å². The summed E-state index contributed by atoms with van der Waals surface area (Å²) in [7, 11) is 0. The number of nitrogens with zero attached hydrogens (tertiary/aromatic N) is 5. The summed E-state index contributed by atoms with van der Waals surface area (Å²) in [5.74, 6) is 1.33. The molecule has 0 aliphatic carbocycles. The van der Waals surface area contributed by atoms with Gasteiger partial charge in [-0.1, -0.05) is 6.92 Å². The summed E-state index contributed by atoms with van der Waals surface area (Å²) in [5, 5.41) is 7.39. The first-order valence-corrected chi connectivity index (χ1v) is 7.51. The predicted molar refractivity (Wildman–Crippen MR) is 80.6 cm³/mol. The van der Waals surface area contributed by atoms with Crippen molar-refractivity contribution in [2.45, 2.75) is 26.3 Å². The second-order valence-electron chi connectivity index (χ2n) is 5.26. The molecule has 1 fully saturated rings. The van der Waals surface area contributed by atoms with Crippen LogP contribution in [0.4, 0.5) is 5.82 Å². The van der Waals surface area contributed by atoms with Crippen LogP contribution in [0.15, 0.2) is 12.4 Å². The quantitative estimate of drug-likeness (QED) is 0.877. The van der Waals surface area contributed by atoms with Gasteiger partial charge in [0.25, 0.3) is 5.78 Å². The lowest BCUT2D eigenvalue weighted by molar-refractivity contribution is -0.135. The van der Waals surface area contributed by atoms with E-state index in [9.17, 15) is 4.79 Å². The van der Waals surface area contributed by atoms with Gasteiger partial charge in [-0.15, -0.1) is 0 Å². The average molecular weight is 304 g/mol. The summed E-state index contributed by atoms with van der Waals surface area (Å²) in [6.45, 7) is 6.36. The molecule has 1 saturated heterocycles. The number of carbonyl (C=O) groups excluding carboxylic acids is 1. The molecule has 1 aliphatic heterocycles. The topological polar surface area (TPSA) is 84.7 Å². The number of aromatic nitrogens is 4. The number of nitrogens with one attached hydrogen (secondary N) is 1. The maximum Gasteiger partial charge on any atom is 0.254 e. The lowest BCUT2D eigenvalue weighted by Crippen LogP contribution is -2.47. The van der Waals surface area contributed by atoms with Gasteiger partial charge in [-0.2, -0.15) is 14.6 Å². The minimum atomic E-state index is -0.349. The number of carbonyl (C=O) groups is 1. The van der Waals surface area contributed by atoms with Gasteiger partial charge >= 0.3 is 0 Å². The van der Waals surface area contributed by atoms with Crippen molar-refractivity contribution in [2.24, 2.45) is 0 Å². The Bertz CT molecular complexity index is 664. The molecule has 1 unspecified atom stereocenters. The molecule has 22 heavy (non-hydrogen) atoms.